The molecule has 0 bridgehead atoms. The number of carbonyl (C=O) groups is 1. The first-order valence-electron chi connectivity index (χ1n) is 9.93. The van der Waals surface area contributed by atoms with Gasteiger partial charge in [0.2, 0.25) is 5.76 Å². The van der Waals surface area contributed by atoms with Crippen LogP contribution in [0.15, 0.2) is 75.9 Å². The average Bonchev–Trinajstić information content (AvgIpc) is 3.12. The van der Waals surface area contributed by atoms with Crippen LogP contribution in [0.5, 0.6) is 17.2 Å². The summed E-state index contributed by atoms with van der Waals surface area (Å²) in [5.41, 5.74) is 1.50. The highest BCUT2D eigenvalue weighted by molar-refractivity contribution is 6.10. The van der Waals surface area contributed by atoms with Gasteiger partial charge in [-0.3, -0.25) is 14.5 Å². The van der Waals surface area contributed by atoms with Gasteiger partial charge in [-0.2, -0.15) is 0 Å². The van der Waals surface area contributed by atoms with Crippen molar-refractivity contribution in [3.8, 4) is 17.2 Å². The molecule has 160 valence electrons. The van der Waals surface area contributed by atoms with Crippen LogP contribution in [0.2, 0.25) is 0 Å². The highest BCUT2D eigenvalue weighted by atomic mass is 16.5. The summed E-state index contributed by atoms with van der Waals surface area (Å²) in [5.74, 6) is 0.415. The summed E-state index contributed by atoms with van der Waals surface area (Å²) in [6.45, 7) is 0. The van der Waals surface area contributed by atoms with Gasteiger partial charge in [0.05, 0.1) is 31.2 Å². The molecule has 0 saturated carbocycles. The fourth-order valence-electron chi connectivity index (χ4n) is 4.11. The smallest absolute Gasteiger partial charge is 0.295 e. The third-order valence-electron chi connectivity index (χ3n) is 5.65. The first-order chi connectivity index (χ1) is 15.5. The van der Waals surface area contributed by atoms with Crippen LogP contribution < -0.4 is 19.8 Å². The van der Waals surface area contributed by atoms with Crippen molar-refractivity contribution in [1.29, 1.82) is 0 Å². The van der Waals surface area contributed by atoms with Crippen molar-refractivity contribution in [2.75, 3.05) is 19.1 Å². The highest BCUT2D eigenvalue weighted by Gasteiger charge is 2.43. The van der Waals surface area contributed by atoms with Crippen molar-refractivity contribution < 1.29 is 23.8 Å². The fraction of sp³-hybridized carbons (Fsp3) is 0.120. The molecule has 1 aromatic heterocycles. The SMILES string of the molecule is COc1ccc(N2C(=O)c3oc4ccccc4c(=O)c3C2c2ccc(O)c(OC)c2)cc1. The molecule has 0 aliphatic carbocycles. The van der Waals surface area contributed by atoms with Crippen LogP contribution in [-0.2, 0) is 0 Å². The van der Waals surface area contributed by atoms with Gasteiger partial charge in [-0.1, -0.05) is 18.2 Å². The lowest BCUT2D eigenvalue weighted by molar-refractivity contribution is 0.0971. The molecule has 1 N–H and O–H groups in total. The van der Waals surface area contributed by atoms with E-state index >= 15 is 0 Å². The minimum absolute atomic E-state index is 0.00144. The molecule has 0 saturated heterocycles. The summed E-state index contributed by atoms with van der Waals surface area (Å²) < 4.78 is 16.4. The Bertz CT molecular complexity index is 1410. The molecular formula is C25H19NO6. The van der Waals surface area contributed by atoms with E-state index < -0.39 is 11.9 Å². The number of benzene rings is 3. The Morgan fingerprint density at radius 1 is 0.938 bits per heavy atom. The lowest BCUT2D eigenvalue weighted by Crippen LogP contribution is -2.29. The van der Waals surface area contributed by atoms with E-state index in [0.29, 0.717) is 28.0 Å². The quantitative estimate of drug-likeness (QED) is 0.521. The highest BCUT2D eigenvalue weighted by Crippen LogP contribution is 2.43. The Morgan fingerprint density at radius 3 is 2.41 bits per heavy atom. The van der Waals surface area contributed by atoms with Crippen molar-refractivity contribution in [1.82, 2.24) is 0 Å². The van der Waals surface area contributed by atoms with Crippen molar-refractivity contribution in [2.45, 2.75) is 6.04 Å². The van der Waals surface area contributed by atoms with Crippen molar-refractivity contribution in [3.05, 3.63) is 93.8 Å². The number of hydrogen-bond acceptors (Lipinski definition) is 6. The molecule has 2 heterocycles. The van der Waals surface area contributed by atoms with Gasteiger partial charge >= 0.3 is 0 Å². The molecule has 3 aromatic carbocycles. The molecule has 1 aliphatic rings. The minimum atomic E-state index is -0.763. The summed E-state index contributed by atoms with van der Waals surface area (Å²) in [7, 11) is 3.00. The van der Waals surface area contributed by atoms with Gasteiger partial charge in [-0.25, -0.2) is 0 Å². The van der Waals surface area contributed by atoms with Crippen LogP contribution in [-0.4, -0.2) is 25.2 Å². The molecule has 1 unspecified atom stereocenters. The van der Waals surface area contributed by atoms with Crippen molar-refractivity contribution >= 4 is 22.6 Å². The third kappa shape index (κ3) is 2.90. The Morgan fingerprint density at radius 2 is 1.69 bits per heavy atom. The number of phenolic OH excluding ortho intramolecular Hbond substituents is 1. The summed E-state index contributed by atoms with van der Waals surface area (Å²) in [6.07, 6.45) is 0. The Labute approximate surface area is 183 Å². The van der Waals surface area contributed by atoms with Crippen LogP contribution in [0.25, 0.3) is 11.0 Å². The van der Waals surface area contributed by atoms with Gasteiger partial charge in [0.1, 0.15) is 11.3 Å². The van der Waals surface area contributed by atoms with E-state index in [2.05, 4.69) is 0 Å². The lowest BCUT2D eigenvalue weighted by Gasteiger charge is -2.25. The zero-order valence-electron chi connectivity index (χ0n) is 17.4. The number of aromatic hydroxyl groups is 1. The molecule has 1 aliphatic heterocycles. The van der Waals surface area contributed by atoms with E-state index in [4.69, 9.17) is 13.9 Å². The average molecular weight is 429 g/mol. The lowest BCUT2D eigenvalue weighted by atomic mass is 9.97. The van der Waals surface area contributed by atoms with Crippen LogP contribution >= 0.6 is 0 Å². The van der Waals surface area contributed by atoms with Crippen LogP contribution in [0, 0.1) is 0 Å². The first-order valence-corrected chi connectivity index (χ1v) is 9.93. The van der Waals surface area contributed by atoms with E-state index in [1.807, 2.05) is 0 Å². The molecule has 32 heavy (non-hydrogen) atoms. The Kier molecular flexibility index (Phi) is 4.59. The number of ether oxygens (including phenoxy) is 2. The molecule has 0 fully saturated rings. The van der Waals surface area contributed by atoms with E-state index in [9.17, 15) is 14.7 Å². The van der Waals surface area contributed by atoms with Crippen LogP contribution in [0.1, 0.15) is 27.7 Å². The minimum Gasteiger partial charge on any atom is -0.504 e. The maximum Gasteiger partial charge on any atom is 0.295 e. The predicted molar refractivity (Wildman–Crippen MR) is 119 cm³/mol. The number of hydrogen-bond donors (Lipinski definition) is 1. The van der Waals surface area contributed by atoms with Crippen LogP contribution in [0.3, 0.4) is 0 Å². The Balaban J connectivity index is 1.79. The summed E-state index contributed by atoms with van der Waals surface area (Å²) in [5, 5.41) is 10.5. The van der Waals surface area contributed by atoms with Gasteiger partial charge in [0, 0.05) is 5.69 Å². The third-order valence-corrected chi connectivity index (χ3v) is 5.65. The van der Waals surface area contributed by atoms with Crippen LogP contribution in [0.4, 0.5) is 5.69 Å². The second-order valence-electron chi connectivity index (χ2n) is 7.38. The van der Waals surface area contributed by atoms with E-state index in [1.165, 1.54) is 18.1 Å². The van der Waals surface area contributed by atoms with Crippen molar-refractivity contribution in [3.63, 3.8) is 0 Å². The molecule has 7 nitrogen and oxygen atoms in total. The first kappa shape index (κ1) is 19.7. The second-order valence-corrected chi connectivity index (χ2v) is 7.38. The predicted octanol–water partition coefficient (Wildman–Crippen LogP) is 4.27. The largest absolute Gasteiger partial charge is 0.504 e. The van der Waals surface area contributed by atoms with Gasteiger partial charge < -0.3 is 19.0 Å². The number of carbonyl (C=O) groups excluding carboxylic acids is 1. The number of methoxy groups -OCH3 is 2. The molecule has 1 atom stereocenters. The normalized spacial score (nSPS) is 15.1. The fourth-order valence-corrected chi connectivity index (χ4v) is 4.11. The zero-order chi connectivity index (χ0) is 22.4. The summed E-state index contributed by atoms with van der Waals surface area (Å²) in [4.78, 5) is 28.6. The summed E-state index contributed by atoms with van der Waals surface area (Å²) >= 11 is 0. The molecule has 1 amide bonds. The molecule has 0 spiro atoms. The maximum absolute atomic E-state index is 13.5. The molecule has 5 rings (SSSR count). The maximum atomic E-state index is 13.5. The van der Waals surface area contributed by atoms with Gasteiger partial charge in [-0.15, -0.1) is 0 Å². The van der Waals surface area contributed by atoms with E-state index in [-0.39, 0.29) is 28.3 Å². The topological polar surface area (TPSA) is 89.2 Å². The number of phenols is 1. The monoisotopic (exact) mass is 429 g/mol. The molecule has 4 aromatic rings. The number of fused-ring (bicyclic) bond motifs is 2. The number of nitrogens with zero attached hydrogens (tertiary/aromatic N) is 1. The van der Waals surface area contributed by atoms with E-state index in [0.717, 1.165) is 0 Å². The van der Waals surface area contributed by atoms with Gasteiger partial charge in [-0.05, 0) is 54.1 Å². The number of para-hydroxylation sites is 1. The summed E-state index contributed by atoms with van der Waals surface area (Å²) in [6, 6.07) is 17.8. The van der Waals surface area contributed by atoms with Gasteiger partial charge in [0.25, 0.3) is 5.91 Å². The second kappa shape index (κ2) is 7.46. The standard InChI is InChI=1S/C25H19NO6/c1-30-16-10-8-15(9-11-16)26-22(14-7-12-18(27)20(13-14)31-2)21-23(28)17-5-3-4-6-19(17)32-24(21)25(26)29/h3-13,22,27H,1-2H3. The molecule has 0 radical (unpaired) electrons. The zero-order valence-corrected chi connectivity index (χ0v) is 17.4. The van der Waals surface area contributed by atoms with E-state index in [1.54, 1.807) is 67.8 Å². The molecular weight excluding hydrogens is 410 g/mol. The number of amides is 1. The van der Waals surface area contributed by atoms with Gasteiger partial charge in [0.15, 0.2) is 16.9 Å². The Hall–Kier alpha value is -4.26. The number of anilines is 1. The molecule has 7 heteroatoms. The number of rotatable bonds is 4. The van der Waals surface area contributed by atoms with Crippen molar-refractivity contribution in [2.24, 2.45) is 0 Å².